The maximum atomic E-state index is 12.2. The number of nitrogens with zero attached hydrogens (tertiary/aromatic N) is 1. The Kier molecular flexibility index (Phi) is 3.61. The molecule has 2 aromatic rings. The van der Waals surface area contributed by atoms with Crippen molar-refractivity contribution in [2.75, 3.05) is 5.32 Å². The number of hydrogen-bond donors (Lipinski definition) is 1. The molecule has 21 heavy (non-hydrogen) atoms. The fourth-order valence-corrected chi connectivity index (χ4v) is 3.93. The summed E-state index contributed by atoms with van der Waals surface area (Å²) in [6.45, 7) is 6.90. The third-order valence-corrected chi connectivity index (χ3v) is 5.45. The number of carbonyl (C=O) groups excluding carboxylic acids is 1. The second-order valence-electron chi connectivity index (χ2n) is 6.70. The number of nitrogens with one attached hydrogen (secondary N) is 1. The molecule has 1 atom stereocenters. The Morgan fingerprint density at radius 1 is 1.48 bits per heavy atom. The molecule has 3 rings (SSSR count). The van der Waals surface area contributed by atoms with Crippen LogP contribution in [-0.4, -0.2) is 11.1 Å². The lowest BCUT2D eigenvalue weighted by Gasteiger charge is -2.33. The Bertz CT molecular complexity index is 638. The Morgan fingerprint density at radius 3 is 2.95 bits per heavy atom. The van der Waals surface area contributed by atoms with Crippen LogP contribution in [0.5, 0.6) is 0 Å². The number of anilines is 1. The van der Waals surface area contributed by atoms with E-state index >= 15 is 0 Å². The number of hydrogen-bond acceptors (Lipinski definition) is 4. The molecule has 112 valence electrons. The molecular formula is C16H20N2O2S. The molecule has 0 saturated heterocycles. The number of carbonyl (C=O) groups is 1. The van der Waals surface area contributed by atoms with Crippen molar-refractivity contribution in [1.29, 1.82) is 0 Å². The Morgan fingerprint density at radius 2 is 2.29 bits per heavy atom. The van der Waals surface area contributed by atoms with Crippen LogP contribution in [0.2, 0.25) is 0 Å². The summed E-state index contributed by atoms with van der Waals surface area (Å²) in [5.41, 5.74) is 1.67. The lowest BCUT2D eigenvalue weighted by molar-refractivity contribution is 0.102. The van der Waals surface area contributed by atoms with Gasteiger partial charge in [0.15, 0.2) is 5.82 Å². The summed E-state index contributed by atoms with van der Waals surface area (Å²) in [6.07, 6.45) is 4.82. The van der Waals surface area contributed by atoms with Crippen molar-refractivity contribution in [1.82, 2.24) is 5.16 Å². The second-order valence-corrected chi connectivity index (χ2v) is 7.84. The molecule has 4 nitrogen and oxygen atoms in total. The Balaban J connectivity index is 1.76. The van der Waals surface area contributed by atoms with Crippen molar-refractivity contribution in [3.63, 3.8) is 0 Å². The number of fused-ring (bicyclic) bond motifs is 1. The van der Waals surface area contributed by atoms with Crippen LogP contribution >= 0.6 is 11.3 Å². The average molecular weight is 304 g/mol. The van der Waals surface area contributed by atoms with Gasteiger partial charge < -0.3 is 9.84 Å². The van der Waals surface area contributed by atoms with E-state index in [0.29, 0.717) is 17.2 Å². The molecule has 0 unspecified atom stereocenters. The summed E-state index contributed by atoms with van der Waals surface area (Å²) >= 11 is 1.61. The summed E-state index contributed by atoms with van der Waals surface area (Å²) in [6, 6.07) is 3.69. The smallest absolute Gasteiger partial charge is 0.266 e. The first kappa shape index (κ1) is 14.3. The predicted molar refractivity (Wildman–Crippen MR) is 83.7 cm³/mol. The maximum absolute atomic E-state index is 12.2. The summed E-state index contributed by atoms with van der Waals surface area (Å²) in [5, 5.41) is 6.46. The van der Waals surface area contributed by atoms with Crippen LogP contribution in [0.25, 0.3) is 0 Å². The molecule has 2 aromatic heterocycles. The fourth-order valence-electron chi connectivity index (χ4n) is 2.83. The largest absolute Gasteiger partial charge is 0.363 e. The van der Waals surface area contributed by atoms with E-state index in [1.807, 2.05) is 6.07 Å². The van der Waals surface area contributed by atoms with Gasteiger partial charge in [-0.3, -0.25) is 4.79 Å². The highest BCUT2D eigenvalue weighted by Crippen LogP contribution is 2.40. The molecule has 1 aliphatic rings. The van der Waals surface area contributed by atoms with Crippen molar-refractivity contribution in [3.8, 4) is 0 Å². The van der Waals surface area contributed by atoms with E-state index in [0.717, 1.165) is 17.7 Å². The zero-order valence-corrected chi connectivity index (χ0v) is 13.4. The molecule has 1 N–H and O–H groups in total. The number of rotatable bonds is 2. The van der Waals surface area contributed by atoms with Gasteiger partial charge in [-0.1, -0.05) is 25.9 Å². The highest BCUT2D eigenvalue weighted by Gasteiger charge is 2.30. The Labute approximate surface area is 128 Å². The highest BCUT2D eigenvalue weighted by molar-refractivity contribution is 7.14. The Hall–Kier alpha value is -1.62. The van der Waals surface area contributed by atoms with Crippen molar-refractivity contribution >= 4 is 23.1 Å². The third kappa shape index (κ3) is 3.02. The van der Waals surface area contributed by atoms with Crippen molar-refractivity contribution in [2.24, 2.45) is 11.3 Å². The molecule has 0 radical (unpaired) electrons. The molecule has 5 heteroatoms. The summed E-state index contributed by atoms with van der Waals surface area (Å²) in [5.74, 6) is 1.04. The minimum absolute atomic E-state index is 0.101. The van der Waals surface area contributed by atoms with Gasteiger partial charge in [-0.05, 0) is 42.2 Å². The maximum Gasteiger partial charge on any atom is 0.266 e. The average Bonchev–Trinajstić information content (AvgIpc) is 3.04. The predicted octanol–water partition coefficient (Wildman–Crippen LogP) is 4.14. The van der Waals surface area contributed by atoms with E-state index in [4.69, 9.17) is 4.52 Å². The molecule has 0 bridgehead atoms. The number of amides is 1. The minimum atomic E-state index is -0.101. The molecule has 0 spiro atoms. The van der Waals surface area contributed by atoms with Crippen LogP contribution in [0.3, 0.4) is 0 Å². The first-order valence-corrected chi connectivity index (χ1v) is 8.08. The fraction of sp³-hybridized carbons (Fsp3) is 0.500. The monoisotopic (exact) mass is 304 g/mol. The zero-order chi connectivity index (χ0) is 15.0. The molecule has 1 aliphatic carbocycles. The molecule has 2 heterocycles. The van der Waals surface area contributed by atoms with E-state index in [1.165, 1.54) is 23.1 Å². The number of thiophene rings is 1. The van der Waals surface area contributed by atoms with Crippen LogP contribution in [0, 0.1) is 11.3 Å². The molecule has 0 aliphatic heterocycles. The summed E-state index contributed by atoms with van der Waals surface area (Å²) < 4.78 is 4.72. The van der Waals surface area contributed by atoms with Gasteiger partial charge in [-0.2, -0.15) is 0 Å². The van der Waals surface area contributed by atoms with Crippen LogP contribution in [-0.2, 0) is 12.8 Å². The van der Waals surface area contributed by atoms with Gasteiger partial charge in [0.1, 0.15) is 6.26 Å². The van der Waals surface area contributed by atoms with Gasteiger partial charge in [-0.25, -0.2) is 0 Å². The second kappa shape index (κ2) is 5.30. The van der Waals surface area contributed by atoms with Crippen LogP contribution in [0.4, 0.5) is 5.82 Å². The first-order valence-electron chi connectivity index (χ1n) is 7.27. The number of aryl methyl sites for hydroxylation is 1. The van der Waals surface area contributed by atoms with Crippen LogP contribution < -0.4 is 5.32 Å². The minimum Gasteiger partial charge on any atom is -0.363 e. The van der Waals surface area contributed by atoms with Crippen LogP contribution in [0.1, 0.15) is 47.3 Å². The van der Waals surface area contributed by atoms with Gasteiger partial charge in [0.2, 0.25) is 0 Å². The highest BCUT2D eigenvalue weighted by atomic mass is 32.1. The third-order valence-electron chi connectivity index (χ3n) is 4.21. The van der Waals surface area contributed by atoms with Gasteiger partial charge in [0.25, 0.3) is 5.91 Å². The lowest BCUT2D eigenvalue weighted by atomic mass is 9.72. The van der Waals surface area contributed by atoms with E-state index in [-0.39, 0.29) is 5.91 Å². The summed E-state index contributed by atoms with van der Waals surface area (Å²) in [4.78, 5) is 14.3. The van der Waals surface area contributed by atoms with Gasteiger partial charge in [0, 0.05) is 10.9 Å². The zero-order valence-electron chi connectivity index (χ0n) is 12.6. The quantitative estimate of drug-likeness (QED) is 0.907. The molecule has 0 aromatic carbocycles. The summed E-state index contributed by atoms with van der Waals surface area (Å²) in [7, 11) is 0. The van der Waals surface area contributed by atoms with Gasteiger partial charge in [0.05, 0.1) is 4.88 Å². The van der Waals surface area contributed by atoms with E-state index in [2.05, 4.69) is 31.2 Å². The van der Waals surface area contributed by atoms with Crippen molar-refractivity contribution in [2.45, 2.75) is 40.0 Å². The molecule has 0 fully saturated rings. The molecule has 0 saturated carbocycles. The van der Waals surface area contributed by atoms with Crippen molar-refractivity contribution < 1.29 is 9.32 Å². The van der Waals surface area contributed by atoms with Crippen molar-refractivity contribution in [3.05, 3.63) is 33.7 Å². The molecule has 1 amide bonds. The normalized spacial score (nSPS) is 18.3. The number of aromatic nitrogens is 1. The standard InChI is InChI=1S/C16H20N2O2S/c1-16(2,3)11-4-5-12-10(8-11)9-13(21-12)15(19)17-14-6-7-20-18-14/h6-7,9,11H,4-5,8H2,1-3H3,(H,17,18,19)/t11-/m1/s1. The SMILES string of the molecule is CC(C)(C)[C@@H]1CCc2sc(C(=O)Nc3ccon3)cc2C1. The van der Waals surface area contributed by atoms with E-state index < -0.39 is 0 Å². The van der Waals surface area contributed by atoms with Gasteiger partial charge in [-0.15, -0.1) is 11.3 Å². The molecular weight excluding hydrogens is 284 g/mol. The van der Waals surface area contributed by atoms with E-state index in [9.17, 15) is 4.79 Å². The lowest BCUT2D eigenvalue weighted by Crippen LogP contribution is -2.26. The topological polar surface area (TPSA) is 55.1 Å². The van der Waals surface area contributed by atoms with E-state index in [1.54, 1.807) is 17.4 Å². The van der Waals surface area contributed by atoms with Crippen LogP contribution in [0.15, 0.2) is 22.9 Å². The first-order chi connectivity index (χ1) is 9.93. The van der Waals surface area contributed by atoms with Gasteiger partial charge >= 0.3 is 0 Å².